The maximum Gasteiger partial charge on any atom is 0.471 e. The van der Waals surface area contributed by atoms with Crippen molar-refractivity contribution in [3.63, 3.8) is 0 Å². The first-order valence-electron chi connectivity index (χ1n) is 8.28. The van der Waals surface area contributed by atoms with E-state index in [1.807, 2.05) is 0 Å². The lowest BCUT2D eigenvalue weighted by molar-refractivity contribution is -0.191. The molecule has 2 aliphatic heterocycles. The number of hydrogen-bond acceptors (Lipinski definition) is 4. The lowest BCUT2D eigenvalue weighted by Crippen LogP contribution is -2.49. The van der Waals surface area contributed by atoms with Crippen molar-refractivity contribution in [1.82, 2.24) is 9.88 Å². The van der Waals surface area contributed by atoms with Crippen molar-refractivity contribution in [1.29, 1.82) is 0 Å². The van der Waals surface area contributed by atoms with E-state index in [2.05, 4.69) is 10.3 Å². The minimum atomic E-state index is -4.87. The molecular formula is C18H15ClF3N3O2. The lowest BCUT2D eigenvalue weighted by atomic mass is 9.93. The zero-order chi connectivity index (χ0) is 19.2. The van der Waals surface area contributed by atoms with E-state index in [0.717, 1.165) is 16.2 Å². The number of halogens is 4. The van der Waals surface area contributed by atoms with Crippen LogP contribution in [0.15, 0.2) is 42.6 Å². The number of alkyl halides is 3. The number of pyridine rings is 1. The number of benzene rings is 1. The predicted octanol–water partition coefficient (Wildman–Crippen LogP) is 3.87. The standard InChI is InChI=1S/C18H15ClF3N3O2/c19-12-3-6-15(23-8-12)24-13-4-1-11(2-5-13)17-7-14(9-27-17)25(10-17)16(26)18(20,21)22/h1-6,8,14H,7,9-10H2,(H,23,24)/t14-,17-/m1/s1. The third-order valence-electron chi connectivity index (χ3n) is 4.90. The molecule has 0 spiro atoms. The summed E-state index contributed by atoms with van der Waals surface area (Å²) in [5, 5.41) is 3.64. The van der Waals surface area contributed by atoms with Gasteiger partial charge < -0.3 is 15.0 Å². The van der Waals surface area contributed by atoms with Gasteiger partial charge in [0.05, 0.1) is 24.2 Å². The second-order valence-electron chi connectivity index (χ2n) is 6.66. The van der Waals surface area contributed by atoms with Crippen LogP contribution in [0.25, 0.3) is 0 Å². The van der Waals surface area contributed by atoms with Crippen LogP contribution < -0.4 is 5.32 Å². The van der Waals surface area contributed by atoms with Gasteiger partial charge in [-0.15, -0.1) is 0 Å². The van der Waals surface area contributed by atoms with Crippen LogP contribution in [0.4, 0.5) is 24.7 Å². The van der Waals surface area contributed by atoms with Crippen LogP contribution in [0.2, 0.25) is 5.02 Å². The number of carbonyl (C=O) groups excluding carboxylic acids is 1. The fraction of sp³-hybridized carbons (Fsp3) is 0.333. The van der Waals surface area contributed by atoms with Crippen LogP contribution in [-0.2, 0) is 15.1 Å². The Balaban J connectivity index is 1.50. The van der Waals surface area contributed by atoms with Gasteiger partial charge in [0.15, 0.2) is 0 Å². The zero-order valence-electron chi connectivity index (χ0n) is 14.0. The van der Waals surface area contributed by atoms with E-state index in [4.69, 9.17) is 16.3 Å². The lowest BCUT2D eigenvalue weighted by Gasteiger charge is -2.33. The first kappa shape index (κ1) is 18.1. The Morgan fingerprint density at radius 2 is 2.00 bits per heavy atom. The Kier molecular flexibility index (Phi) is 4.27. The van der Waals surface area contributed by atoms with Crippen LogP contribution in [-0.4, -0.2) is 41.2 Å². The number of amides is 1. The molecule has 2 bridgehead atoms. The third kappa shape index (κ3) is 3.35. The van der Waals surface area contributed by atoms with Gasteiger partial charge in [0.1, 0.15) is 11.4 Å². The number of hydrogen-bond donors (Lipinski definition) is 1. The molecule has 1 amide bonds. The molecule has 1 N–H and O–H groups in total. The summed E-state index contributed by atoms with van der Waals surface area (Å²) in [7, 11) is 0. The molecule has 142 valence electrons. The summed E-state index contributed by atoms with van der Waals surface area (Å²) >= 11 is 5.80. The topological polar surface area (TPSA) is 54.5 Å². The first-order valence-corrected chi connectivity index (χ1v) is 8.65. The van der Waals surface area contributed by atoms with Gasteiger partial charge in [0.25, 0.3) is 0 Å². The number of likely N-dealkylation sites (tertiary alicyclic amines) is 1. The fourth-order valence-corrected chi connectivity index (χ4v) is 3.73. The van der Waals surface area contributed by atoms with E-state index < -0.39 is 23.7 Å². The Morgan fingerprint density at radius 1 is 1.26 bits per heavy atom. The number of nitrogens with zero attached hydrogens (tertiary/aromatic N) is 2. The number of aromatic nitrogens is 1. The highest BCUT2D eigenvalue weighted by Gasteiger charge is 2.57. The van der Waals surface area contributed by atoms with E-state index in [1.165, 1.54) is 6.20 Å². The summed E-state index contributed by atoms with van der Waals surface area (Å²) < 4.78 is 44.1. The van der Waals surface area contributed by atoms with Crippen molar-refractivity contribution in [3.05, 3.63) is 53.2 Å². The molecular weight excluding hydrogens is 383 g/mol. The molecule has 0 saturated carbocycles. The van der Waals surface area contributed by atoms with Crippen molar-refractivity contribution >= 4 is 29.0 Å². The molecule has 0 aliphatic carbocycles. The number of morpholine rings is 1. The van der Waals surface area contributed by atoms with E-state index in [1.54, 1.807) is 36.4 Å². The number of rotatable bonds is 3. The average Bonchev–Trinajstić information content (AvgIpc) is 3.23. The van der Waals surface area contributed by atoms with E-state index >= 15 is 0 Å². The van der Waals surface area contributed by atoms with Gasteiger partial charge in [-0.25, -0.2) is 4.98 Å². The maximum atomic E-state index is 12.8. The van der Waals surface area contributed by atoms with Crippen LogP contribution in [0.1, 0.15) is 12.0 Å². The number of ether oxygens (including phenoxy) is 1. The maximum absolute atomic E-state index is 12.8. The summed E-state index contributed by atoms with van der Waals surface area (Å²) in [5.74, 6) is -1.19. The summed E-state index contributed by atoms with van der Waals surface area (Å²) in [5.41, 5.74) is 0.626. The highest BCUT2D eigenvalue weighted by molar-refractivity contribution is 6.30. The first-order chi connectivity index (χ1) is 12.8. The Bertz CT molecular complexity index is 858. The highest BCUT2D eigenvalue weighted by atomic mass is 35.5. The second kappa shape index (κ2) is 6.38. The zero-order valence-corrected chi connectivity index (χ0v) is 14.7. The van der Waals surface area contributed by atoms with Crippen LogP contribution in [0.5, 0.6) is 0 Å². The van der Waals surface area contributed by atoms with E-state index in [-0.39, 0.29) is 13.2 Å². The van der Waals surface area contributed by atoms with Gasteiger partial charge in [0, 0.05) is 18.3 Å². The fourth-order valence-electron chi connectivity index (χ4n) is 3.62. The van der Waals surface area contributed by atoms with Gasteiger partial charge in [-0.2, -0.15) is 13.2 Å². The Labute approximate surface area is 158 Å². The molecule has 0 unspecified atom stereocenters. The molecule has 3 heterocycles. The summed E-state index contributed by atoms with van der Waals surface area (Å²) in [4.78, 5) is 16.7. The van der Waals surface area contributed by atoms with E-state index in [9.17, 15) is 18.0 Å². The molecule has 2 aromatic rings. The SMILES string of the molecule is O=C(N1C[C@@]2(c3ccc(Nc4ccc(Cl)cn4)cc3)C[C@@H]1CO2)C(F)(F)F. The molecule has 2 saturated heterocycles. The molecule has 1 aromatic heterocycles. The number of fused-ring (bicyclic) bond motifs is 2. The van der Waals surface area contributed by atoms with E-state index in [0.29, 0.717) is 17.3 Å². The number of carbonyl (C=O) groups is 1. The predicted molar refractivity (Wildman–Crippen MR) is 92.8 cm³/mol. The average molecular weight is 398 g/mol. The second-order valence-corrected chi connectivity index (χ2v) is 7.09. The highest BCUT2D eigenvalue weighted by Crippen LogP contribution is 2.46. The van der Waals surface area contributed by atoms with Crippen LogP contribution in [0, 0.1) is 0 Å². The minimum Gasteiger partial charge on any atom is -0.366 e. The summed E-state index contributed by atoms with van der Waals surface area (Å²) in [6.07, 6.45) is -2.99. The van der Waals surface area contributed by atoms with Crippen molar-refractivity contribution in [3.8, 4) is 0 Å². The molecule has 0 radical (unpaired) electrons. The molecule has 2 aliphatic rings. The summed E-state index contributed by atoms with van der Waals surface area (Å²) in [6.45, 7) is 0.0119. The smallest absolute Gasteiger partial charge is 0.366 e. The normalized spacial score (nSPS) is 24.3. The quantitative estimate of drug-likeness (QED) is 0.854. The molecule has 1 aromatic carbocycles. The van der Waals surface area contributed by atoms with Crippen molar-refractivity contribution in [2.75, 3.05) is 18.5 Å². The Hall–Kier alpha value is -2.32. The van der Waals surface area contributed by atoms with Gasteiger partial charge in [-0.1, -0.05) is 23.7 Å². The van der Waals surface area contributed by atoms with Crippen molar-refractivity contribution in [2.45, 2.75) is 24.2 Å². The summed E-state index contributed by atoms with van der Waals surface area (Å²) in [6, 6.07) is 10.1. The van der Waals surface area contributed by atoms with Gasteiger partial charge in [-0.05, 0) is 29.8 Å². The van der Waals surface area contributed by atoms with Gasteiger partial charge >= 0.3 is 12.1 Å². The Morgan fingerprint density at radius 3 is 2.63 bits per heavy atom. The molecule has 9 heteroatoms. The van der Waals surface area contributed by atoms with Gasteiger partial charge in [-0.3, -0.25) is 4.79 Å². The van der Waals surface area contributed by atoms with Gasteiger partial charge in [0.2, 0.25) is 0 Å². The van der Waals surface area contributed by atoms with Crippen LogP contribution in [0.3, 0.4) is 0 Å². The molecule has 27 heavy (non-hydrogen) atoms. The molecule has 5 nitrogen and oxygen atoms in total. The van der Waals surface area contributed by atoms with Crippen molar-refractivity contribution < 1.29 is 22.7 Å². The number of nitrogens with one attached hydrogen (secondary N) is 1. The monoisotopic (exact) mass is 397 g/mol. The van der Waals surface area contributed by atoms with Crippen molar-refractivity contribution in [2.24, 2.45) is 0 Å². The van der Waals surface area contributed by atoms with Crippen LogP contribution >= 0.6 is 11.6 Å². The number of anilines is 2. The molecule has 2 atom stereocenters. The molecule has 2 fully saturated rings. The largest absolute Gasteiger partial charge is 0.471 e. The third-order valence-corrected chi connectivity index (χ3v) is 5.12. The molecule has 4 rings (SSSR count). The minimum absolute atomic E-state index is 0.0957.